The van der Waals surface area contributed by atoms with Gasteiger partial charge in [-0.25, -0.2) is 0 Å². The Morgan fingerprint density at radius 3 is 2.20 bits per heavy atom. The van der Waals surface area contributed by atoms with Crippen LogP contribution in [0.1, 0.15) is 34.1 Å². The summed E-state index contributed by atoms with van der Waals surface area (Å²) in [5, 5.41) is 17.9. The third-order valence-electron chi connectivity index (χ3n) is 2.22. The maximum atomic E-state index is 9.57. The summed E-state index contributed by atoms with van der Waals surface area (Å²) in [7, 11) is 0. The number of nitriles is 1. The van der Waals surface area contributed by atoms with Crippen molar-refractivity contribution in [1.82, 2.24) is 4.90 Å². The van der Waals surface area contributed by atoms with Gasteiger partial charge in [0.05, 0.1) is 19.1 Å². The number of aliphatic hydroxyl groups excluding tert-OH is 1. The molecule has 4 heteroatoms. The van der Waals surface area contributed by atoms with Gasteiger partial charge in [-0.3, -0.25) is 4.90 Å². The van der Waals surface area contributed by atoms with Crippen molar-refractivity contribution >= 4 is 0 Å². The highest BCUT2D eigenvalue weighted by Crippen LogP contribution is 2.06. The second-order valence-corrected chi connectivity index (χ2v) is 4.12. The first-order valence-electron chi connectivity index (χ1n) is 5.41. The van der Waals surface area contributed by atoms with Gasteiger partial charge in [0.25, 0.3) is 0 Å². The van der Waals surface area contributed by atoms with E-state index < -0.39 is 6.29 Å². The van der Waals surface area contributed by atoms with Crippen LogP contribution in [0.2, 0.25) is 0 Å². The summed E-state index contributed by atoms with van der Waals surface area (Å²) < 4.78 is 5.10. The molecule has 4 nitrogen and oxygen atoms in total. The summed E-state index contributed by atoms with van der Waals surface area (Å²) in [6.45, 7) is 9.12. The Bertz CT molecular complexity index is 191. The average Bonchev–Trinajstić information content (AvgIpc) is 2.13. The number of hydrogen-bond acceptors (Lipinski definition) is 4. The van der Waals surface area contributed by atoms with Gasteiger partial charge < -0.3 is 9.84 Å². The first kappa shape index (κ1) is 14.4. The van der Waals surface area contributed by atoms with Crippen LogP contribution in [-0.2, 0) is 4.74 Å². The smallest absolute Gasteiger partial charge is 0.167 e. The van der Waals surface area contributed by atoms with Gasteiger partial charge in [0, 0.05) is 18.6 Å². The van der Waals surface area contributed by atoms with Crippen LogP contribution in [0.25, 0.3) is 0 Å². The standard InChI is InChI=1S/C11H22N2O2/c1-9(2)13(10(3)4)8-11(14)15-7-5-6-12/h9-11,14H,5,7-8H2,1-4H3/t11-/m0/s1. The normalized spacial score (nSPS) is 13.5. The summed E-state index contributed by atoms with van der Waals surface area (Å²) in [6, 6.07) is 2.72. The molecule has 0 aromatic carbocycles. The zero-order chi connectivity index (χ0) is 11.8. The second kappa shape index (κ2) is 7.63. The number of nitrogens with zero attached hydrogens (tertiary/aromatic N) is 2. The molecule has 1 atom stereocenters. The summed E-state index contributed by atoms with van der Waals surface area (Å²) in [5.41, 5.74) is 0. The van der Waals surface area contributed by atoms with Gasteiger partial charge >= 0.3 is 0 Å². The van der Waals surface area contributed by atoms with Gasteiger partial charge in [-0.05, 0) is 27.7 Å². The lowest BCUT2D eigenvalue weighted by molar-refractivity contribution is -0.118. The number of hydrogen-bond donors (Lipinski definition) is 1. The highest BCUT2D eigenvalue weighted by molar-refractivity contribution is 4.70. The van der Waals surface area contributed by atoms with Crippen molar-refractivity contribution in [3.8, 4) is 6.07 Å². The first-order valence-corrected chi connectivity index (χ1v) is 5.41. The fraction of sp³-hybridized carbons (Fsp3) is 0.909. The van der Waals surface area contributed by atoms with Crippen LogP contribution in [0.15, 0.2) is 0 Å². The molecule has 1 N–H and O–H groups in total. The zero-order valence-electron chi connectivity index (χ0n) is 10.1. The Labute approximate surface area is 92.4 Å². The quantitative estimate of drug-likeness (QED) is 0.513. The molecule has 0 unspecified atom stereocenters. The van der Waals surface area contributed by atoms with E-state index in [-0.39, 0.29) is 0 Å². The predicted molar refractivity (Wildman–Crippen MR) is 59.2 cm³/mol. The Balaban J connectivity index is 3.90. The van der Waals surface area contributed by atoms with E-state index in [0.717, 1.165) is 0 Å². The minimum atomic E-state index is -0.803. The van der Waals surface area contributed by atoms with Gasteiger partial charge in [0.2, 0.25) is 0 Å². The Kier molecular flexibility index (Phi) is 7.31. The lowest BCUT2D eigenvalue weighted by atomic mass is 10.2. The maximum absolute atomic E-state index is 9.57. The fourth-order valence-corrected chi connectivity index (χ4v) is 1.49. The zero-order valence-corrected chi connectivity index (χ0v) is 10.1. The molecule has 0 spiro atoms. The number of aliphatic hydroxyl groups is 1. The van der Waals surface area contributed by atoms with E-state index in [1.165, 1.54) is 0 Å². The molecule has 0 amide bonds. The van der Waals surface area contributed by atoms with Crippen molar-refractivity contribution in [1.29, 1.82) is 5.26 Å². The molecule has 0 fully saturated rings. The van der Waals surface area contributed by atoms with Crippen LogP contribution in [0, 0.1) is 11.3 Å². The van der Waals surface area contributed by atoms with Crippen LogP contribution >= 0.6 is 0 Å². The van der Waals surface area contributed by atoms with E-state index in [4.69, 9.17) is 10.00 Å². The largest absolute Gasteiger partial charge is 0.367 e. The molecule has 0 rings (SSSR count). The third kappa shape index (κ3) is 6.45. The minimum Gasteiger partial charge on any atom is -0.367 e. The molecule has 0 aromatic heterocycles. The molecule has 88 valence electrons. The molecular formula is C11H22N2O2. The predicted octanol–water partition coefficient (Wildman–Crippen LogP) is 1.35. The Morgan fingerprint density at radius 1 is 1.27 bits per heavy atom. The monoisotopic (exact) mass is 214 g/mol. The van der Waals surface area contributed by atoms with Gasteiger partial charge in [-0.2, -0.15) is 5.26 Å². The van der Waals surface area contributed by atoms with Crippen LogP contribution < -0.4 is 0 Å². The molecular weight excluding hydrogens is 192 g/mol. The lowest BCUT2D eigenvalue weighted by Crippen LogP contribution is -2.43. The summed E-state index contributed by atoms with van der Waals surface area (Å²) in [4.78, 5) is 2.15. The Hall–Kier alpha value is -0.630. The summed E-state index contributed by atoms with van der Waals surface area (Å²) in [5.74, 6) is 0. The topological polar surface area (TPSA) is 56.5 Å². The molecule has 0 aliphatic carbocycles. The van der Waals surface area contributed by atoms with E-state index in [2.05, 4.69) is 32.6 Å². The van der Waals surface area contributed by atoms with Crippen LogP contribution in [-0.4, -0.2) is 41.5 Å². The molecule has 0 aromatic rings. The maximum Gasteiger partial charge on any atom is 0.167 e. The highest BCUT2D eigenvalue weighted by atomic mass is 16.6. The summed E-state index contributed by atoms with van der Waals surface area (Å²) in [6.07, 6.45) is -0.483. The van der Waals surface area contributed by atoms with Crippen molar-refractivity contribution in [2.24, 2.45) is 0 Å². The minimum absolute atomic E-state index is 0.293. The van der Waals surface area contributed by atoms with Crippen molar-refractivity contribution in [2.45, 2.75) is 52.5 Å². The highest BCUT2D eigenvalue weighted by Gasteiger charge is 2.17. The molecule has 0 heterocycles. The van der Waals surface area contributed by atoms with Gasteiger partial charge in [0.1, 0.15) is 0 Å². The van der Waals surface area contributed by atoms with E-state index in [1.807, 2.05) is 6.07 Å². The molecule has 0 saturated carbocycles. The molecule has 0 bridgehead atoms. The molecule has 0 aliphatic heterocycles. The van der Waals surface area contributed by atoms with E-state index in [0.29, 0.717) is 31.7 Å². The van der Waals surface area contributed by atoms with Crippen LogP contribution in [0.5, 0.6) is 0 Å². The molecule has 0 saturated heterocycles. The van der Waals surface area contributed by atoms with Gasteiger partial charge in [-0.15, -0.1) is 0 Å². The number of rotatable bonds is 7. The van der Waals surface area contributed by atoms with Crippen molar-refractivity contribution in [3.63, 3.8) is 0 Å². The van der Waals surface area contributed by atoms with Crippen molar-refractivity contribution in [3.05, 3.63) is 0 Å². The second-order valence-electron chi connectivity index (χ2n) is 4.12. The van der Waals surface area contributed by atoms with E-state index in [9.17, 15) is 5.11 Å². The van der Waals surface area contributed by atoms with E-state index in [1.54, 1.807) is 0 Å². The summed E-state index contributed by atoms with van der Waals surface area (Å²) >= 11 is 0. The van der Waals surface area contributed by atoms with Crippen molar-refractivity contribution in [2.75, 3.05) is 13.2 Å². The van der Waals surface area contributed by atoms with Crippen LogP contribution in [0.4, 0.5) is 0 Å². The first-order chi connectivity index (χ1) is 6.99. The van der Waals surface area contributed by atoms with E-state index >= 15 is 0 Å². The molecule has 0 aliphatic rings. The number of ether oxygens (including phenoxy) is 1. The molecule has 0 radical (unpaired) electrons. The van der Waals surface area contributed by atoms with Crippen LogP contribution in [0.3, 0.4) is 0 Å². The Morgan fingerprint density at radius 2 is 1.80 bits per heavy atom. The average molecular weight is 214 g/mol. The van der Waals surface area contributed by atoms with Gasteiger partial charge in [-0.1, -0.05) is 0 Å². The van der Waals surface area contributed by atoms with Crippen molar-refractivity contribution < 1.29 is 9.84 Å². The van der Waals surface area contributed by atoms with Gasteiger partial charge in [0.15, 0.2) is 6.29 Å². The molecule has 15 heavy (non-hydrogen) atoms. The fourth-order valence-electron chi connectivity index (χ4n) is 1.49. The third-order valence-corrected chi connectivity index (χ3v) is 2.22. The lowest BCUT2D eigenvalue weighted by Gasteiger charge is -2.32. The SMILES string of the molecule is CC(C)N(C[C@@H](O)OCCC#N)C(C)C.